The largest absolute Gasteiger partial charge is 0.452 e. The first-order chi connectivity index (χ1) is 27.0. The smallest absolute Gasteiger partial charge is 0.236 e. The summed E-state index contributed by atoms with van der Waals surface area (Å²) in [5.41, 5.74) is 13.8. The number of hydrogen-bond acceptors (Lipinski definition) is 3. The number of para-hydroxylation sites is 2. The van der Waals surface area contributed by atoms with Gasteiger partial charge in [-0.1, -0.05) is 141 Å². The Morgan fingerprint density at radius 2 is 1.20 bits per heavy atom. The molecule has 258 valence electrons. The molecule has 0 aliphatic heterocycles. The fourth-order valence-electron chi connectivity index (χ4n) is 9.36. The lowest BCUT2D eigenvalue weighted by molar-refractivity contribution is 0.666. The van der Waals surface area contributed by atoms with Crippen molar-refractivity contribution in [1.82, 2.24) is 14.5 Å². The average Bonchev–Trinajstić information content (AvgIpc) is 3.85. The van der Waals surface area contributed by atoms with Crippen molar-refractivity contribution in [3.8, 4) is 39.5 Å². The predicted molar refractivity (Wildman–Crippen MR) is 227 cm³/mol. The van der Waals surface area contributed by atoms with Crippen LogP contribution in [0, 0.1) is 0 Å². The Bertz CT molecular complexity index is 3400. The lowest BCUT2D eigenvalue weighted by Gasteiger charge is -2.23. The molecule has 0 saturated carbocycles. The van der Waals surface area contributed by atoms with Crippen LogP contribution in [0.1, 0.15) is 25.0 Å². The van der Waals surface area contributed by atoms with Gasteiger partial charge in [0.05, 0.1) is 11.0 Å². The van der Waals surface area contributed by atoms with E-state index in [9.17, 15) is 0 Å². The van der Waals surface area contributed by atoms with Crippen LogP contribution in [0.5, 0.6) is 0 Å². The van der Waals surface area contributed by atoms with Gasteiger partial charge in [0, 0.05) is 27.1 Å². The molecule has 0 unspecified atom stereocenters. The fourth-order valence-corrected chi connectivity index (χ4v) is 9.36. The molecule has 12 rings (SSSR count). The van der Waals surface area contributed by atoms with Crippen molar-refractivity contribution < 1.29 is 4.42 Å². The lowest BCUT2D eigenvalue weighted by atomic mass is 9.80. The minimum Gasteiger partial charge on any atom is -0.452 e. The monoisotopic (exact) mass is 703 g/mol. The summed E-state index contributed by atoms with van der Waals surface area (Å²) in [5.74, 6) is 0.618. The van der Waals surface area contributed by atoms with Crippen molar-refractivity contribution in [2.24, 2.45) is 0 Å². The first-order valence-electron chi connectivity index (χ1n) is 18.9. The molecule has 0 saturated heterocycles. The SMILES string of the molecule is CC1(C)c2ccccc2-c2ccc3cc4c(cc3c21)c1ccccc1n4-c1nc(-c2ccc(-c3ccc4ccccc4c3)cc2)c2oc3ccccc3c2n1. The zero-order chi connectivity index (χ0) is 36.4. The Balaban J connectivity index is 1.09. The average molecular weight is 704 g/mol. The van der Waals surface area contributed by atoms with Gasteiger partial charge >= 0.3 is 0 Å². The van der Waals surface area contributed by atoms with Crippen LogP contribution in [0.25, 0.3) is 105 Å². The Labute approximate surface area is 316 Å². The molecule has 1 aliphatic carbocycles. The number of furan rings is 1. The number of aromatic nitrogens is 3. The summed E-state index contributed by atoms with van der Waals surface area (Å²) >= 11 is 0. The van der Waals surface area contributed by atoms with Crippen LogP contribution in [0.4, 0.5) is 0 Å². The predicted octanol–water partition coefficient (Wildman–Crippen LogP) is 13.4. The number of benzene rings is 8. The van der Waals surface area contributed by atoms with Crippen LogP contribution < -0.4 is 0 Å². The molecule has 0 spiro atoms. The molecule has 0 fully saturated rings. The molecule has 4 nitrogen and oxygen atoms in total. The quantitative estimate of drug-likeness (QED) is 0.184. The zero-order valence-electron chi connectivity index (χ0n) is 30.3. The van der Waals surface area contributed by atoms with Crippen LogP contribution in [0.15, 0.2) is 168 Å². The van der Waals surface area contributed by atoms with Crippen molar-refractivity contribution in [2.45, 2.75) is 19.3 Å². The van der Waals surface area contributed by atoms with E-state index in [1.807, 2.05) is 18.2 Å². The van der Waals surface area contributed by atoms with E-state index in [1.165, 1.54) is 60.1 Å². The van der Waals surface area contributed by atoms with Gasteiger partial charge in [-0.3, -0.25) is 4.57 Å². The lowest BCUT2D eigenvalue weighted by Crippen LogP contribution is -2.15. The van der Waals surface area contributed by atoms with Crippen LogP contribution in [0.3, 0.4) is 0 Å². The summed E-state index contributed by atoms with van der Waals surface area (Å²) in [7, 11) is 0. The van der Waals surface area contributed by atoms with E-state index >= 15 is 0 Å². The van der Waals surface area contributed by atoms with Crippen LogP contribution in [-0.4, -0.2) is 14.5 Å². The Morgan fingerprint density at radius 1 is 0.491 bits per heavy atom. The normalized spacial score (nSPS) is 13.4. The van der Waals surface area contributed by atoms with Crippen molar-refractivity contribution in [3.05, 3.63) is 175 Å². The summed E-state index contributed by atoms with van der Waals surface area (Å²) in [4.78, 5) is 10.7. The highest BCUT2D eigenvalue weighted by atomic mass is 16.3. The Hall–Kier alpha value is -7.04. The van der Waals surface area contributed by atoms with Gasteiger partial charge in [0.1, 0.15) is 16.8 Å². The summed E-state index contributed by atoms with van der Waals surface area (Å²) in [5, 5.41) is 8.29. The molecule has 4 heteroatoms. The van der Waals surface area contributed by atoms with Gasteiger partial charge in [0.15, 0.2) is 5.58 Å². The van der Waals surface area contributed by atoms with E-state index in [4.69, 9.17) is 14.4 Å². The first kappa shape index (κ1) is 30.4. The van der Waals surface area contributed by atoms with Crippen molar-refractivity contribution in [2.75, 3.05) is 0 Å². The number of hydrogen-bond donors (Lipinski definition) is 0. The number of fused-ring (bicyclic) bond motifs is 12. The number of nitrogens with zero attached hydrogens (tertiary/aromatic N) is 3. The van der Waals surface area contributed by atoms with Crippen molar-refractivity contribution in [1.29, 1.82) is 0 Å². The second-order valence-electron chi connectivity index (χ2n) is 15.4. The van der Waals surface area contributed by atoms with E-state index in [1.54, 1.807) is 0 Å². The fraction of sp³-hybridized carbons (Fsp3) is 0.0588. The van der Waals surface area contributed by atoms with E-state index in [0.717, 1.165) is 44.3 Å². The molecule has 0 bridgehead atoms. The zero-order valence-corrected chi connectivity index (χ0v) is 30.3. The second-order valence-corrected chi connectivity index (χ2v) is 15.4. The van der Waals surface area contributed by atoms with E-state index in [0.29, 0.717) is 11.5 Å². The topological polar surface area (TPSA) is 43.9 Å². The van der Waals surface area contributed by atoms with Gasteiger partial charge in [-0.2, -0.15) is 0 Å². The third-order valence-electron chi connectivity index (χ3n) is 12.0. The third-order valence-corrected chi connectivity index (χ3v) is 12.0. The maximum atomic E-state index is 6.56. The van der Waals surface area contributed by atoms with Gasteiger partial charge in [0.2, 0.25) is 5.95 Å². The van der Waals surface area contributed by atoms with E-state index in [-0.39, 0.29) is 5.41 Å². The second kappa shape index (κ2) is 11.0. The van der Waals surface area contributed by atoms with E-state index < -0.39 is 0 Å². The molecule has 3 heterocycles. The highest BCUT2D eigenvalue weighted by molar-refractivity contribution is 6.15. The molecular weight excluding hydrogens is 671 g/mol. The van der Waals surface area contributed by atoms with Crippen molar-refractivity contribution in [3.63, 3.8) is 0 Å². The molecular formula is C51H33N3O. The molecule has 11 aromatic rings. The highest BCUT2D eigenvalue weighted by Gasteiger charge is 2.37. The van der Waals surface area contributed by atoms with Gasteiger partial charge in [-0.05, 0) is 91.3 Å². The van der Waals surface area contributed by atoms with Gasteiger partial charge in [-0.15, -0.1) is 0 Å². The van der Waals surface area contributed by atoms with Crippen LogP contribution >= 0.6 is 0 Å². The maximum Gasteiger partial charge on any atom is 0.236 e. The van der Waals surface area contributed by atoms with E-state index in [2.05, 4.69) is 164 Å². The third kappa shape index (κ3) is 4.28. The summed E-state index contributed by atoms with van der Waals surface area (Å²) in [6.45, 7) is 4.72. The maximum absolute atomic E-state index is 6.56. The number of rotatable bonds is 3. The molecule has 0 amide bonds. The summed E-state index contributed by atoms with van der Waals surface area (Å²) in [6.07, 6.45) is 0. The van der Waals surface area contributed by atoms with Crippen LogP contribution in [0.2, 0.25) is 0 Å². The molecule has 8 aromatic carbocycles. The van der Waals surface area contributed by atoms with Crippen molar-refractivity contribution >= 4 is 65.4 Å². The highest BCUT2D eigenvalue weighted by Crippen LogP contribution is 2.52. The Kier molecular flexibility index (Phi) is 6.09. The molecule has 55 heavy (non-hydrogen) atoms. The molecule has 1 aliphatic rings. The summed E-state index contributed by atoms with van der Waals surface area (Å²) < 4.78 is 8.80. The minimum absolute atomic E-state index is 0.118. The van der Waals surface area contributed by atoms with Crippen LogP contribution in [-0.2, 0) is 5.41 Å². The standard InChI is InChI=1S/C51H33N3O/c1-51(2)42-16-8-5-13-36(42)38-26-25-35-28-44-41(29-40(35)46(38)51)37-14-6-9-17-43(37)54(44)50-52-47(49-48(53-50)39-15-7-10-18-45(39)55-49)32-22-19-31(20-23-32)34-24-21-30-11-3-4-12-33(30)27-34/h3-29H,1-2H3. The minimum atomic E-state index is -0.118. The first-order valence-corrected chi connectivity index (χ1v) is 18.9. The summed E-state index contributed by atoms with van der Waals surface area (Å²) in [6, 6.07) is 58.8. The Morgan fingerprint density at radius 3 is 2.09 bits per heavy atom. The molecule has 0 atom stereocenters. The molecule has 0 radical (unpaired) electrons. The van der Waals surface area contributed by atoms with Gasteiger partial charge in [0.25, 0.3) is 0 Å². The molecule has 3 aromatic heterocycles. The molecule has 0 N–H and O–H groups in total. The van der Waals surface area contributed by atoms with Gasteiger partial charge in [-0.25, -0.2) is 9.97 Å². The van der Waals surface area contributed by atoms with Gasteiger partial charge < -0.3 is 4.42 Å².